The lowest BCUT2D eigenvalue weighted by molar-refractivity contribution is 0.392. The summed E-state index contributed by atoms with van der Waals surface area (Å²) in [6.45, 7) is 4.16. The van der Waals surface area contributed by atoms with E-state index in [0.29, 0.717) is 5.92 Å². The van der Waals surface area contributed by atoms with Crippen LogP contribution in [-0.4, -0.2) is 23.3 Å². The SMILES string of the molecule is CCCCC1Cc2c(ccc(O)c2O)C2=C1CCNC2. The standard InChI is InChI=1S/C17H23NO2/c1-2-3-4-11-9-14-13(5-6-16(19)17(14)20)15-10-18-8-7-12(11)15/h5-6,11,18-20H,2-4,7-10H2,1H3. The third-order valence-electron chi connectivity index (χ3n) is 4.70. The maximum absolute atomic E-state index is 10.2. The van der Waals surface area contributed by atoms with Gasteiger partial charge >= 0.3 is 0 Å². The van der Waals surface area contributed by atoms with Gasteiger partial charge in [-0.05, 0) is 48.9 Å². The average Bonchev–Trinajstić information content (AvgIpc) is 2.48. The normalized spacial score (nSPS) is 21.6. The summed E-state index contributed by atoms with van der Waals surface area (Å²) >= 11 is 0. The van der Waals surface area contributed by atoms with Crippen LogP contribution < -0.4 is 5.32 Å². The van der Waals surface area contributed by atoms with E-state index >= 15 is 0 Å². The first-order chi connectivity index (χ1) is 9.72. The maximum Gasteiger partial charge on any atom is 0.161 e. The minimum absolute atomic E-state index is 0.00538. The first-order valence-corrected chi connectivity index (χ1v) is 7.69. The Labute approximate surface area is 120 Å². The first-order valence-electron chi connectivity index (χ1n) is 7.69. The molecule has 0 fully saturated rings. The van der Waals surface area contributed by atoms with E-state index in [1.165, 1.54) is 24.8 Å². The minimum Gasteiger partial charge on any atom is -0.504 e. The van der Waals surface area contributed by atoms with E-state index in [0.717, 1.165) is 37.1 Å². The highest BCUT2D eigenvalue weighted by Gasteiger charge is 2.30. The van der Waals surface area contributed by atoms with Gasteiger partial charge in [-0.1, -0.05) is 31.4 Å². The van der Waals surface area contributed by atoms with Gasteiger partial charge in [0, 0.05) is 12.1 Å². The van der Waals surface area contributed by atoms with Gasteiger partial charge in [0.2, 0.25) is 0 Å². The van der Waals surface area contributed by atoms with Crippen molar-refractivity contribution in [1.82, 2.24) is 5.32 Å². The lowest BCUT2D eigenvalue weighted by Crippen LogP contribution is -2.30. The van der Waals surface area contributed by atoms with Crippen LogP contribution in [0.25, 0.3) is 5.57 Å². The smallest absolute Gasteiger partial charge is 0.161 e. The predicted molar refractivity (Wildman–Crippen MR) is 80.9 cm³/mol. The molecule has 1 atom stereocenters. The number of aromatic hydroxyl groups is 2. The van der Waals surface area contributed by atoms with Gasteiger partial charge in [-0.2, -0.15) is 0 Å². The number of hydrogen-bond donors (Lipinski definition) is 3. The summed E-state index contributed by atoms with van der Waals surface area (Å²) in [5.74, 6) is 0.624. The first kappa shape index (κ1) is 13.5. The van der Waals surface area contributed by atoms with E-state index < -0.39 is 0 Å². The lowest BCUT2D eigenvalue weighted by Gasteiger charge is -2.34. The summed E-state index contributed by atoms with van der Waals surface area (Å²) in [5, 5.41) is 23.4. The van der Waals surface area contributed by atoms with Gasteiger partial charge in [0.05, 0.1) is 0 Å². The molecule has 3 rings (SSSR count). The molecule has 20 heavy (non-hydrogen) atoms. The number of phenols is 2. The zero-order valence-electron chi connectivity index (χ0n) is 12.1. The summed E-state index contributed by atoms with van der Waals surface area (Å²) in [6.07, 6.45) is 5.60. The Morgan fingerprint density at radius 2 is 2.15 bits per heavy atom. The molecule has 1 heterocycles. The van der Waals surface area contributed by atoms with Crippen LogP contribution >= 0.6 is 0 Å². The largest absolute Gasteiger partial charge is 0.504 e. The van der Waals surface area contributed by atoms with E-state index in [1.807, 2.05) is 6.07 Å². The molecule has 3 N–H and O–H groups in total. The van der Waals surface area contributed by atoms with Crippen molar-refractivity contribution in [2.45, 2.75) is 39.0 Å². The van der Waals surface area contributed by atoms with Crippen LogP contribution in [0.2, 0.25) is 0 Å². The lowest BCUT2D eigenvalue weighted by atomic mass is 9.74. The summed E-state index contributed by atoms with van der Waals surface area (Å²) < 4.78 is 0. The summed E-state index contributed by atoms with van der Waals surface area (Å²) in [4.78, 5) is 0. The zero-order chi connectivity index (χ0) is 14.1. The van der Waals surface area contributed by atoms with Crippen LogP contribution in [0.15, 0.2) is 17.7 Å². The monoisotopic (exact) mass is 273 g/mol. The van der Waals surface area contributed by atoms with Crippen molar-refractivity contribution in [3.8, 4) is 11.5 Å². The Bertz CT molecular complexity index is 548. The van der Waals surface area contributed by atoms with Crippen molar-refractivity contribution in [2.24, 2.45) is 5.92 Å². The highest BCUT2D eigenvalue weighted by molar-refractivity contribution is 5.78. The van der Waals surface area contributed by atoms with Crippen molar-refractivity contribution in [2.75, 3.05) is 13.1 Å². The van der Waals surface area contributed by atoms with E-state index in [9.17, 15) is 10.2 Å². The van der Waals surface area contributed by atoms with E-state index in [1.54, 1.807) is 11.6 Å². The molecule has 0 spiro atoms. The Balaban J connectivity index is 2.05. The quantitative estimate of drug-likeness (QED) is 0.741. The molecular weight excluding hydrogens is 250 g/mol. The van der Waals surface area contributed by atoms with Crippen LogP contribution in [0, 0.1) is 5.92 Å². The molecule has 0 radical (unpaired) electrons. The fraction of sp³-hybridized carbons (Fsp3) is 0.529. The van der Waals surface area contributed by atoms with Crippen LogP contribution in [0.4, 0.5) is 0 Å². The molecule has 0 saturated heterocycles. The fourth-order valence-electron chi connectivity index (χ4n) is 3.63. The maximum atomic E-state index is 10.2. The minimum atomic E-state index is 0.00538. The molecule has 1 unspecified atom stereocenters. The van der Waals surface area contributed by atoms with Gasteiger partial charge in [-0.25, -0.2) is 0 Å². The number of unbranched alkanes of at least 4 members (excludes halogenated alkanes) is 1. The van der Waals surface area contributed by atoms with Gasteiger partial charge in [-0.3, -0.25) is 0 Å². The van der Waals surface area contributed by atoms with Crippen molar-refractivity contribution in [3.63, 3.8) is 0 Å². The second-order valence-electron chi connectivity index (χ2n) is 5.93. The second kappa shape index (κ2) is 5.49. The fourth-order valence-corrected chi connectivity index (χ4v) is 3.63. The second-order valence-corrected chi connectivity index (χ2v) is 5.93. The topological polar surface area (TPSA) is 52.5 Å². The number of fused-ring (bicyclic) bond motifs is 2. The summed E-state index contributed by atoms with van der Waals surface area (Å²) in [7, 11) is 0. The van der Waals surface area contributed by atoms with Crippen molar-refractivity contribution < 1.29 is 10.2 Å². The summed E-state index contributed by atoms with van der Waals surface area (Å²) in [6, 6.07) is 3.57. The number of hydrogen-bond acceptors (Lipinski definition) is 3. The zero-order valence-corrected chi connectivity index (χ0v) is 12.1. The molecule has 0 saturated carbocycles. The third-order valence-corrected chi connectivity index (χ3v) is 4.70. The van der Waals surface area contributed by atoms with Crippen LogP contribution in [0.1, 0.15) is 43.7 Å². The Morgan fingerprint density at radius 1 is 1.30 bits per heavy atom. The van der Waals surface area contributed by atoms with E-state index in [4.69, 9.17) is 0 Å². The van der Waals surface area contributed by atoms with Crippen LogP contribution in [0.5, 0.6) is 11.5 Å². The van der Waals surface area contributed by atoms with Crippen molar-refractivity contribution >= 4 is 5.57 Å². The number of phenolic OH excluding ortho intramolecular Hbond substituents is 2. The number of benzene rings is 1. The van der Waals surface area contributed by atoms with Crippen molar-refractivity contribution in [1.29, 1.82) is 0 Å². The van der Waals surface area contributed by atoms with Gasteiger partial charge < -0.3 is 15.5 Å². The molecule has 1 aromatic carbocycles. The Kier molecular flexibility index (Phi) is 3.70. The van der Waals surface area contributed by atoms with Gasteiger partial charge in [0.1, 0.15) is 0 Å². The highest BCUT2D eigenvalue weighted by Crippen LogP contribution is 2.45. The molecule has 0 aromatic heterocycles. The molecule has 2 aliphatic rings. The number of nitrogens with one attached hydrogen (secondary N) is 1. The molecule has 3 nitrogen and oxygen atoms in total. The molecule has 0 bridgehead atoms. The van der Waals surface area contributed by atoms with E-state index in [2.05, 4.69) is 12.2 Å². The molecule has 1 aromatic rings. The molecule has 1 aliphatic carbocycles. The van der Waals surface area contributed by atoms with Gasteiger partial charge in [0.25, 0.3) is 0 Å². The number of rotatable bonds is 3. The molecule has 3 heteroatoms. The van der Waals surface area contributed by atoms with Crippen LogP contribution in [-0.2, 0) is 6.42 Å². The van der Waals surface area contributed by atoms with Gasteiger partial charge in [0.15, 0.2) is 11.5 Å². The average molecular weight is 273 g/mol. The summed E-state index contributed by atoms with van der Waals surface area (Å²) in [5.41, 5.74) is 5.01. The predicted octanol–water partition coefficient (Wildman–Crippen LogP) is 3.21. The Morgan fingerprint density at radius 3 is 2.95 bits per heavy atom. The third kappa shape index (κ3) is 2.20. The molecule has 1 aliphatic heterocycles. The van der Waals surface area contributed by atoms with Gasteiger partial charge in [-0.15, -0.1) is 0 Å². The van der Waals surface area contributed by atoms with Crippen LogP contribution in [0.3, 0.4) is 0 Å². The molecule has 108 valence electrons. The molecular formula is C17H23NO2. The van der Waals surface area contributed by atoms with Crippen molar-refractivity contribution in [3.05, 3.63) is 28.8 Å². The van der Waals surface area contributed by atoms with E-state index in [-0.39, 0.29) is 11.5 Å². The Hall–Kier alpha value is -1.48. The highest BCUT2D eigenvalue weighted by atomic mass is 16.3. The molecule has 0 amide bonds.